The zero-order valence-electron chi connectivity index (χ0n) is 19.9. The molecule has 3 aromatic rings. The number of aromatic nitrogens is 2. The summed E-state index contributed by atoms with van der Waals surface area (Å²) < 4.78 is 11.3. The number of para-hydroxylation sites is 1. The van der Waals surface area contributed by atoms with Gasteiger partial charge in [-0.05, 0) is 38.5 Å². The van der Waals surface area contributed by atoms with Crippen LogP contribution in [-0.4, -0.2) is 34.6 Å². The van der Waals surface area contributed by atoms with Gasteiger partial charge in [0, 0.05) is 48.5 Å². The molecule has 0 spiro atoms. The van der Waals surface area contributed by atoms with Gasteiger partial charge >= 0.3 is 6.09 Å². The molecule has 0 saturated carbocycles. The Hall–Kier alpha value is -3.58. The summed E-state index contributed by atoms with van der Waals surface area (Å²) in [4.78, 5) is 24.4. The first-order valence-electron chi connectivity index (χ1n) is 11.0. The Bertz CT molecular complexity index is 1210. The summed E-state index contributed by atoms with van der Waals surface area (Å²) in [5, 5.41) is 1.40. The normalized spacial score (nSPS) is 11.0. The van der Waals surface area contributed by atoms with Crippen LogP contribution in [0.4, 0.5) is 10.5 Å². The van der Waals surface area contributed by atoms with Crippen LogP contribution < -0.4 is 9.64 Å². The fourth-order valence-corrected chi connectivity index (χ4v) is 3.79. The van der Waals surface area contributed by atoms with Crippen LogP contribution >= 0.6 is 11.6 Å². The summed E-state index contributed by atoms with van der Waals surface area (Å²) in [6, 6.07) is 7.82. The summed E-state index contributed by atoms with van der Waals surface area (Å²) in [5.74, 6) is 0.629. The third-order valence-corrected chi connectivity index (χ3v) is 5.47. The van der Waals surface area contributed by atoms with Crippen molar-refractivity contribution in [3.8, 4) is 5.75 Å². The molecule has 0 bridgehead atoms. The zero-order chi connectivity index (χ0) is 24.7. The average Bonchev–Trinajstić information content (AvgIpc) is 2.82. The van der Waals surface area contributed by atoms with Gasteiger partial charge < -0.3 is 19.3 Å². The quantitative estimate of drug-likeness (QED) is 0.361. The third kappa shape index (κ3) is 5.66. The van der Waals surface area contributed by atoms with E-state index in [2.05, 4.69) is 11.6 Å². The Morgan fingerprint density at radius 3 is 2.79 bits per heavy atom. The topological polar surface area (TPSA) is 67.8 Å². The average molecular weight is 481 g/mol. The Morgan fingerprint density at radius 1 is 1.29 bits per heavy atom. The van der Waals surface area contributed by atoms with E-state index in [0.717, 1.165) is 33.4 Å². The first-order valence-corrected chi connectivity index (χ1v) is 11.3. The van der Waals surface area contributed by atoms with Crippen molar-refractivity contribution >= 4 is 34.3 Å². The van der Waals surface area contributed by atoms with Crippen LogP contribution in [0.25, 0.3) is 10.9 Å². The van der Waals surface area contributed by atoms with Crippen molar-refractivity contribution in [2.24, 2.45) is 0 Å². The van der Waals surface area contributed by atoms with Crippen molar-refractivity contribution in [2.45, 2.75) is 33.9 Å². The van der Waals surface area contributed by atoms with E-state index >= 15 is 0 Å². The summed E-state index contributed by atoms with van der Waals surface area (Å²) >= 11 is 6.47. The lowest BCUT2D eigenvalue weighted by Crippen LogP contribution is -2.27. The molecule has 0 aliphatic rings. The zero-order valence-corrected chi connectivity index (χ0v) is 20.7. The first-order chi connectivity index (χ1) is 16.4. The number of allylic oxidation sites excluding steroid dienone is 1. The van der Waals surface area contributed by atoms with E-state index in [0.29, 0.717) is 23.9 Å². The fourth-order valence-electron chi connectivity index (χ4n) is 3.56. The molecule has 34 heavy (non-hydrogen) atoms. The number of amides is 1. The van der Waals surface area contributed by atoms with Crippen molar-refractivity contribution in [1.82, 2.24) is 14.9 Å². The van der Waals surface area contributed by atoms with Crippen molar-refractivity contribution < 1.29 is 14.3 Å². The molecule has 1 amide bonds. The van der Waals surface area contributed by atoms with Crippen molar-refractivity contribution in [3.05, 3.63) is 83.6 Å². The summed E-state index contributed by atoms with van der Waals surface area (Å²) in [6.45, 7) is 10.4. The Labute approximate surface area is 205 Å². The molecule has 8 heteroatoms. The van der Waals surface area contributed by atoms with Gasteiger partial charge in [-0.3, -0.25) is 4.98 Å². The number of halogens is 1. The van der Waals surface area contributed by atoms with Crippen molar-refractivity contribution in [3.63, 3.8) is 0 Å². The van der Waals surface area contributed by atoms with Gasteiger partial charge in [0.25, 0.3) is 0 Å². The molecular weight excluding hydrogens is 452 g/mol. The van der Waals surface area contributed by atoms with Gasteiger partial charge in [0.2, 0.25) is 0 Å². The molecule has 0 radical (unpaired) electrons. The lowest BCUT2D eigenvalue weighted by Gasteiger charge is -2.20. The summed E-state index contributed by atoms with van der Waals surface area (Å²) in [6.07, 6.45) is 8.48. The van der Waals surface area contributed by atoms with Crippen molar-refractivity contribution in [2.75, 3.05) is 18.6 Å². The van der Waals surface area contributed by atoms with Crippen LogP contribution in [0, 0.1) is 6.92 Å². The number of carbonyl (C=O) groups is 1. The number of pyridine rings is 2. The predicted molar refractivity (Wildman–Crippen MR) is 136 cm³/mol. The molecular formula is C26H29ClN4O3. The number of aryl methyl sites for hydroxylation is 1. The van der Waals surface area contributed by atoms with Gasteiger partial charge in [0.1, 0.15) is 17.9 Å². The molecule has 3 rings (SSSR count). The predicted octanol–water partition coefficient (Wildman–Crippen LogP) is 6.24. The maximum atomic E-state index is 12.1. The highest BCUT2D eigenvalue weighted by atomic mass is 35.5. The molecule has 0 fully saturated rings. The molecule has 2 heterocycles. The highest BCUT2D eigenvalue weighted by molar-refractivity contribution is 6.31. The summed E-state index contributed by atoms with van der Waals surface area (Å²) in [5.41, 5.74) is 4.08. The van der Waals surface area contributed by atoms with E-state index in [1.165, 1.54) is 4.90 Å². The monoisotopic (exact) mass is 480 g/mol. The molecule has 1 aromatic carbocycles. The number of fused-ring (bicyclic) bond motifs is 1. The number of hydrogen-bond acceptors (Lipinski definition) is 6. The van der Waals surface area contributed by atoms with Crippen LogP contribution in [0.15, 0.2) is 61.7 Å². The minimum absolute atomic E-state index is 0.192. The second-order valence-electron chi connectivity index (χ2n) is 7.61. The van der Waals surface area contributed by atoms with Crippen LogP contribution in [-0.2, 0) is 17.9 Å². The molecule has 0 N–H and O–H groups in total. The number of benzene rings is 1. The first kappa shape index (κ1) is 25.1. The molecule has 0 aliphatic carbocycles. The van der Waals surface area contributed by atoms with Gasteiger partial charge in [-0.15, -0.1) is 0 Å². The number of carbonyl (C=O) groups excluding carboxylic acids is 1. The minimum atomic E-state index is -0.413. The van der Waals surface area contributed by atoms with Gasteiger partial charge in [-0.25, -0.2) is 9.78 Å². The van der Waals surface area contributed by atoms with Gasteiger partial charge in [-0.2, -0.15) is 0 Å². The highest BCUT2D eigenvalue weighted by Gasteiger charge is 2.17. The molecule has 2 aromatic heterocycles. The number of anilines is 1. The maximum absolute atomic E-state index is 12.1. The number of nitrogens with zero attached hydrogens (tertiary/aromatic N) is 4. The van der Waals surface area contributed by atoms with Crippen LogP contribution in [0.3, 0.4) is 0 Å². The van der Waals surface area contributed by atoms with Gasteiger partial charge in [-0.1, -0.05) is 36.4 Å². The standard InChI is InChI=1S/C26H29ClN4O3/c1-6-12-31(7-2)23-13-18(4)29-25-20(23)10-9-11-24(25)34-17-21-19(14-28-15-22(21)27)16-30(5)26(32)33-8-3/h6-7,9-15H,2,8,16-17H2,1,3-5H3/b12-6-. The van der Waals surface area contributed by atoms with E-state index in [4.69, 9.17) is 26.1 Å². The van der Waals surface area contributed by atoms with Crippen molar-refractivity contribution in [1.29, 1.82) is 0 Å². The largest absolute Gasteiger partial charge is 0.487 e. The molecule has 0 saturated heterocycles. The van der Waals surface area contributed by atoms with Crippen LogP contribution in [0.5, 0.6) is 5.75 Å². The van der Waals surface area contributed by atoms with Gasteiger partial charge in [0.05, 0.1) is 23.9 Å². The number of hydrogen-bond donors (Lipinski definition) is 0. The lowest BCUT2D eigenvalue weighted by atomic mass is 10.1. The maximum Gasteiger partial charge on any atom is 0.409 e. The number of rotatable bonds is 9. The van der Waals surface area contributed by atoms with E-state index in [9.17, 15) is 4.79 Å². The minimum Gasteiger partial charge on any atom is -0.487 e. The SMILES string of the molecule is C=CN(/C=C\C)c1cc(C)nc2c(OCc3c(Cl)cncc3CN(C)C(=O)OCC)cccc12. The molecule has 0 unspecified atom stereocenters. The van der Waals surface area contributed by atoms with E-state index < -0.39 is 6.09 Å². The smallest absolute Gasteiger partial charge is 0.409 e. The number of ether oxygens (including phenoxy) is 2. The molecule has 178 valence electrons. The van der Waals surface area contributed by atoms with Gasteiger partial charge in [0.15, 0.2) is 0 Å². The Morgan fingerprint density at radius 2 is 2.09 bits per heavy atom. The Balaban J connectivity index is 1.94. The van der Waals surface area contributed by atoms with E-state index in [1.807, 2.05) is 55.3 Å². The van der Waals surface area contributed by atoms with E-state index in [1.54, 1.807) is 32.6 Å². The van der Waals surface area contributed by atoms with Crippen LogP contribution in [0.2, 0.25) is 5.02 Å². The van der Waals surface area contributed by atoms with Crippen LogP contribution in [0.1, 0.15) is 30.7 Å². The summed E-state index contributed by atoms with van der Waals surface area (Å²) in [7, 11) is 1.67. The molecule has 0 aliphatic heterocycles. The Kier molecular flexibility index (Phi) is 8.49. The second kappa shape index (κ2) is 11.5. The lowest BCUT2D eigenvalue weighted by molar-refractivity contribution is 0.114. The highest BCUT2D eigenvalue weighted by Crippen LogP contribution is 2.33. The van der Waals surface area contributed by atoms with E-state index in [-0.39, 0.29) is 6.61 Å². The molecule has 7 nitrogen and oxygen atoms in total. The second-order valence-corrected chi connectivity index (χ2v) is 8.02. The molecule has 0 atom stereocenters. The third-order valence-electron chi connectivity index (χ3n) is 5.15. The fraction of sp³-hybridized carbons (Fsp3) is 0.269.